The lowest BCUT2D eigenvalue weighted by atomic mass is 10.1. The van der Waals surface area contributed by atoms with Gasteiger partial charge in [-0.15, -0.1) is 0 Å². The third-order valence-corrected chi connectivity index (χ3v) is 2.56. The SMILES string of the molecule is O=C(NCCc1ncno1)c1ccc(C#CCO)c(F)c1. The van der Waals surface area contributed by atoms with Crippen LogP contribution in [0.25, 0.3) is 0 Å². The lowest BCUT2D eigenvalue weighted by Crippen LogP contribution is -2.25. The van der Waals surface area contributed by atoms with Crippen molar-refractivity contribution in [2.24, 2.45) is 0 Å². The largest absolute Gasteiger partial charge is 0.384 e. The zero-order valence-corrected chi connectivity index (χ0v) is 11.0. The molecule has 0 aliphatic heterocycles. The normalized spacial score (nSPS) is 9.81. The van der Waals surface area contributed by atoms with Crippen molar-refractivity contribution in [2.75, 3.05) is 13.2 Å². The van der Waals surface area contributed by atoms with Gasteiger partial charge in [0.25, 0.3) is 5.91 Å². The van der Waals surface area contributed by atoms with Crippen LogP contribution in [-0.4, -0.2) is 34.3 Å². The van der Waals surface area contributed by atoms with Gasteiger partial charge in [-0.2, -0.15) is 4.98 Å². The molecule has 2 aromatic rings. The Labute approximate surface area is 120 Å². The number of halogens is 1. The number of amides is 1. The molecule has 0 unspecified atom stereocenters. The van der Waals surface area contributed by atoms with Crippen molar-refractivity contribution < 1.29 is 18.8 Å². The maximum Gasteiger partial charge on any atom is 0.251 e. The number of rotatable bonds is 4. The van der Waals surface area contributed by atoms with Crippen LogP contribution in [0.2, 0.25) is 0 Å². The van der Waals surface area contributed by atoms with Gasteiger partial charge >= 0.3 is 0 Å². The van der Waals surface area contributed by atoms with E-state index in [0.29, 0.717) is 18.9 Å². The third-order valence-electron chi connectivity index (χ3n) is 2.56. The van der Waals surface area contributed by atoms with Crippen LogP contribution in [0.5, 0.6) is 0 Å². The van der Waals surface area contributed by atoms with Gasteiger partial charge in [-0.25, -0.2) is 4.39 Å². The molecule has 2 rings (SSSR count). The Morgan fingerprint density at radius 1 is 1.48 bits per heavy atom. The summed E-state index contributed by atoms with van der Waals surface area (Å²) < 4.78 is 18.5. The number of hydrogen-bond donors (Lipinski definition) is 2. The maximum atomic E-state index is 13.7. The minimum Gasteiger partial charge on any atom is -0.384 e. The van der Waals surface area contributed by atoms with E-state index in [1.165, 1.54) is 18.5 Å². The first-order chi connectivity index (χ1) is 10.2. The number of nitrogens with zero attached hydrogens (tertiary/aromatic N) is 2. The van der Waals surface area contributed by atoms with Gasteiger partial charge in [0.1, 0.15) is 12.4 Å². The Hall–Kier alpha value is -2.72. The van der Waals surface area contributed by atoms with Crippen molar-refractivity contribution in [3.63, 3.8) is 0 Å². The number of aromatic nitrogens is 2. The summed E-state index contributed by atoms with van der Waals surface area (Å²) in [7, 11) is 0. The molecule has 0 radical (unpaired) electrons. The van der Waals surface area contributed by atoms with Gasteiger partial charge in [-0.1, -0.05) is 17.0 Å². The molecule has 1 heterocycles. The summed E-state index contributed by atoms with van der Waals surface area (Å²) in [5.41, 5.74) is 0.319. The van der Waals surface area contributed by atoms with Gasteiger partial charge in [0.05, 0.1) is 5.56 Å². The van der Waals surface area contributed by atoms with Gasteiger partial charge in [0.15, 0.2) is 6.33 Å². The van der Waals surface area contributed by atoms with E-state index < -0.39 is 11.7 Å². The zero-order chi connectivity index (χ0) is 15.1. The van der Waals surface area contributed by atoms with Crippen molar-refractivity contribution in [3.8, 4) is 11.8 Å². The quantitative estimate of drug-likeness (QED) is 0.801. The van der Waals surface area contributed by atoms with E-state index in [4.69, 9.17) is 9.63 Å². The molecule has 0 spiro atoms. The van der Waals surface area contributed by atoms with E-state index in [0.717, 1.165) is 6.07 Å². The fraction of sp³-hybridized carbons (Fsp3) is 0.214. The lowest BCUT2D eigenvalue weighted by Gasteiger charge is -2.04. The summed E-state index contributed by atoms with van der Waals surface area (Å²) in [6.07, 6.45) is 1.67. The second kappa shape index (κ2) is 7.17. The van der Waals surface area contributed by atoms with E-state index in [-0.39, 0.29) is 17.7 Å². The molecule has 1 amide bonds. The molecule has 108 valence electrons. The van der Waals surface area contributed by atoms with Crippen LogP contribution in [0.15, 0.2) is 29.0 Å². The van der Waals surface area contributed by atoms with Crippen LogP contribution < -0.4 is 5.32 Å². The summed E-state index contributed by atoms with van der Waals surface area (Å²) >= 11 is 0. The van der Waals surface area contributed by atoms with Crippen molar-refractivity contribution in [1.82, 2.24) is 15.5 Å². The van der Waals surface area contributed by atoms with Gasteiger partial charge in [0, 0.05) is 18.5 Å². The Balaban J connectivity index is 1.94. The van der Waals surface area contributed by atoms with Crippen molar-refractivity contribution in [2.45, 2.75) is 6.42 Å². The molecule has 6 nitrogen and oxygen atoms in total. The second-order valence-corrected chi connectivity index (χ2v) is 4.00. The molecule has 7 heteroatoms. The number of carbonyl (C=O) groups excluding carboxylic acids is 1. The zero-order valence-electron chi connectivity index (χ0n) is 11.0. The topological polar surface area (TPSA) is 88.3 Å². The highest BCUT2D eigenvalue weighted by Gasteiger charge is 2.09. The summed E-state index contributed by atoms with van der Waals surface area (Å²) in [5.74, 6) is 4.20. The van der Waals surface area contributed by atoms with Crippen LogP contribution in [0.4, 0.5) is 4.39 Å². The van der Waals surface area contributed by atoms with Gasteiger partial charge in [0.2, 0.25) is 5.89 Å². The Morgan fingerprint density at radius 3 is 3.00 bits per heavy atom. The van der Waals surface area contributed by atoms with Gasteiger partial charge < -0.3 is 14.9 Å². The first-order valence-electron chi connectivity index (χ1n) is 6.13. The van der Waals surface area contributed by atoms with Gasteiger partial charge in [-0.3, -0.25) is 4.79 Å². The standard InChI is InChI=1S/C14H12FN3O3/c15-12-8-11(4-3-10(12)2-1-7-19)14(20)16-6-5-13-17-9-18-21-13/h3-4,8-9,19H,5-7H2,(H,16,20). The van der Waals surface area contributed by atoms with E-state index in [9.17, 15) is 9.18 Å². The summed E-state index contributed by atoms with van der Waals surface area (Å²) in [6.45, 7) is -0.0495. The highest BCUT2D eigenvalue weighted by Crippen LogP contribution is 2.09. The molecule has 2 N–H and O–H groups in total. The predicted molar refractivity (Wildman–Crippen MR) is 70.7 cm³/mol. The Bertz CT molecular complexity index is 675. The monoisotopic (exact) mass is 289 g/mol. The number of hydrogen-bond acceptors (Lipinski definition) is 5. The van der Waals surface area contributed by atoms with E-state index in [1.54, 1.807) is 0 Å². The minimum absolute atomic E-state index is 0.131. The molecule has 0 saturated heterocycles. The highest BCUT2D eigenvalue weighted by atomic mass is 19.1. The molecule has 21 heavy (non-hydrogen) atoms. The fourth-order valence-electron chi connectivity index (χ4n) is 1.58. The molecule has 0 aliphatic rings. The summed E-state index contributed by atoms with van der Waals surface area (Å²) in [5, 5.41) is 14.6. The van der Waals surface area contributed by atoms with E-state index >= 15 is 0 Å². The molecule has 0 fully saturated rings. The summed E-state index contributed by atoms with van der Waals surface area (Å²) in [4.78, 5) is 15.6. The molecule has 1 aromatic carbocycles. The number of carbonyl (C=O) groups is 1. The average Bonchev–Trinajstić information content (AvgIpc) is 2.99. The molecule has 0 bridgehead atoms. The van der Waals surface area contributed by atoms with Crippen molar-refractivity contribution in [1.29, 1.82) is 0 Å². The van der Waals surface area contributed by atoms with E-state index in [1.807, 2.05) is 0 Å². The van der Waals surface area contributed by atoms with Crippen LogP contribution in [0.3, 0.4) is 0 Å². The molecular formula is C14H12FN3O3. The second-order valence-electron chi connectivity index (χ2n) is 4.00. The molecule has 0 atom stereocenters. The fourth-order valence-corrected chi connectivity index (χ4v) is 1.58. The van der Waals surface area contributed by atoms with Crippen LogP contribution >= 0.6 is 0 Å². The van der Waals surface area contributed by atoms with Crippen molar-refractivity contribution >= 4 is 5.91 Å². The maximum absolute atomic E-state index is 13.7. The van der Waals surface area contributed by atoms with Crippen LogP contribution in [0, 0.1) is 17.7 Å². The Morgan fingerprint density at radius 2 is 2.33 bits per heavy atom. The number of benzene rings is 1. The minimum atomic E-state index is -0.611. The molecule has 0 aliphatic carbocycles. The Kier molecular flexibility index (Phi) is 5.01. The molecule has 0 saturated carbocycles. The molecular weight excluding hydrogens is 277 g/mol. The van der Waals surface area contributed by atoms with Crippen LogP contribution in [-0.2, 0) is 6.42 Å². The van der Waals surface area contributed by atoms with Crippen molar-refractivity contribution in [3.05, 3.63) is 47.4 Å². The highest BCUT2D eigenvalue weighted by molar-refractivity contribution is 5.94. The lowest BCUT2D eigenvalue weighted by molar-refractivity contribution is 0.0953. The molecule has 1 aromatic heterocycles. The number of aliphatic hydroxyl groups excluding tert-OH is 1. The van der Waals surface area contributed by atoms with Gasteiger partial charge in [-0.05, 0) is 18.2 Å². The average molecular weight is 289 g/mol. The van der Waals surface area contributed by atoms with Crippen LogP contribution in [0.1, 0.15) is 21.8 Å². The predicted octanol–water partition coefficient (Wildman–Crippen LogP) is 0.525. The smallest absolute Gasteiger partial charge is 0.251 e. The summed E-state index contributed by atoms with van der Waals surface area (Å²) in [6, 6.07) is 3.96. The first kappa shape index (κ1) is 14.7. The first-order valence-corrected chi connectivity index (χ1v) is 6.13. The van der Waals surface area contributed by atoms with E-state index in [2.05, 4.69) is 27.3 Å². The number of nitrogens with one attached hydrogen (secondary N) is 1. The third kappa shape index (κ3) is 4.12. The number of aliphatic hydroxyl groups is 1.